The summed E-state index contributed by atoms with van der Waals surface area (Å²) in [4.78, 5) is 2.61. The maximum Gasteiger partial charge on any atom is 0.0246 e. The first-order valence-electron chi connectivity index (χ1n) is 7.94. The van der Waals surface area contributed by atoms with Crippen LogP contribution >= 0.6 is 0 Å². The highest BCUT2D eigenvalue weighted by molar-refractivity contribution is 7.84. The third-order valence-electron chi connectivity index (χ3n) is 4.90. The van der Waals surface area contributed by atoms with Crippen molar-refractivity contribution in [1.29, 1.82) is 0 Å². The summed E-state index contributed by atoms with van der Waals surface area (Å²) in [5, 5.41) is 3.74. The van der Waals surface area contributed by atoms with Gasteiger partial charge in [0.1, 0.15) is 0 Å². The number of hydrogen-bond donors (Lipinski definition) is 1. The van der Waals surface area contributed by atoms with Crippen molar-refractivity contribution in [2.24, 2.45) is 5.92 Å². The van der Waals surface area contributed by atoms with E-state index in [1.807, 2.05) is 6.26 Å². The van der Waals surface area contributed by atoms with Gasteiger partial charge in [-0.1, -0.05) is 19.3 Å². The van der Waals surface area contributed by atoms with Crippen molar-refractivity contribution in [3.8, 4) is 0 Å². The third kappa shape index (κ3) is 4.83. The molecule has 0 spiro atoms. The lowest BCUT2D eigenvalue weighted by Gasteiger charge is -2.41. The molecule has 1 saturated heterocycles. The van der Waals surface area contributed by atoms with Crippen molar-refractivity contribution in [3.63, 3.8) is 0 Å². The van der Waals surface area contributed by atoms with Crippen LogP contribution in [0.2, 0.25) is 0 Å². The fourth-order valence-corrected chi connectivity index (χ4v) is 4.25. The molecule has 1 heterocycles. The standard InChI is InChI=1S/C15H30N2OS/c1-13(8-11-19(2)18)17-10-9-16-15(12-17)14-6-4-3-5-7-14/h13-16H,3-12H2,1-2H3. The summed E-state index contributed by atoms with van der Waals surface area (Å²) in [6, 6.07) is 1.28. The second-order valence-corrected chi connectivity index (χ2v) is 7.92. The molecule has 19 heavy (non-hydrogen) atoms. The van der Waals surface area contributed by atoms with Crippen LogP contribution in [0.15, 0.2) is 0 Å². The van der Waals surface area contributed by atoms with Crippen LogP contribution < -0.4 is 5.32 Å². The van der Waals surface area contributed by atoms with Crippen molar-refractivity contribution in [1.82, 2.24) is 10.2 Å². The Morgan fingerprint density at radius 1 is 1.32 bits per heavy atom. The zero-order chi connectivity index (χ0) is 13.7. The molecule has 0 radical (unpaired) electrons. The Kier molecular flexibility index (Phi) is 6.30. The summed E-state index contributed by atoms with van der Waals surface area (Å²) in [6.07, 6.45) is 10.00. The number of rotatable bonds is 5. The highest BCUT2D eigenvalue weighted by Crippen LogP contribution is 2.28. The molecular formula is C15H30N2OS. The van der Waals surface area contributed by atoms with Gasteiger partial charge in [0.05, 0.1) is 0 Å². The van der Waals surface area contributed by atoms with Gasteiger partial charge in [-0.2, -0.15) is 0 Å². The minimum absolute atomic E-state index is 0.581. The Labute approximate surface area is 121 Å². The van der Waals surface area contributed by atoms with Gasteiger partial charge < -0.3 is 5.32 Å². The van der Waals surface area contributed by atoms with E-state index in [1.54, 1.807) is 0 Å². The van der Waals surface area contributed by atoms with Crippen molar-refractivity contribution < 1.29 is 4.21 Å². The topological polar surface area (TPSA) is 32.3 Å². The van der Waals surface area contributed by atoms with E-state index in [9.17, 15) is 4.21 Å². The lowest BCUT2D eigenvalue weighted by Crippen LogP contribution is -2.56. The largest absolute Gasteiger partial charge is 0.311 e. The molecule has 3 nitrogen and oxygen atoms in total. The quantitative estimate of drug-likeness (QED) is 0.839. The van der Waals surface area contributed by atoms with Gasteiger partial charge in [-0.05, 0) is 32.1 Å². The molecule has 2 fully saturated rings. The van der Waals surface area contributed by atoms with Crippen LogP contribution in [0, 0.1) is 5.92 Å². The predicted molar refractivity (Wildman–Crippen MR) is 83.0 cm³/mol. The second-order valence-electron chi connectivity index (χ2n) is 6.37. The molecular weight excluding hydrogens is 256 g/mol. The number of nitrogens with one attached hydrogen (secondary N) is 1. The maximum atomic E-state index is 11.2. The molecule has 0 bridgehead atoms. The molecule has 0 amide bonds. The first kappa shape index (κ1) is 15.5. The molecule has 2 rings (SSSR count). The highest BCUT2D eigenvalue weighted by atomic mass is 32.2. The monoisotopic (exact) mass is 286 g/mol. The molecule has 3 atom stereocenters. The Morgan fingerprint density at radius 3 is 2.74 bits per heavy atom. The third-order valence-corrected chi connectivity index (χ3v) is 5.71. The molecule has 1 saturated carbocycles. The molecule has 3 unspecified atom stereocenters. The van der Waals surface area contributed by atoms with Crippen molar-refractivity contribution in [2.45, 2.75) is 57.5 Å². The van der Waals surface area contributed by atoms with E-state index in [0.717, 1.165) is 31.2 Å². The molecule has 112 valence electrons. The first-order valence-corrected chi connectivity index (χ1v) is 9.67. The Balaban J connectivity index is 1.80. The summed E-state index contributed by atoms with van der Waals surface area (Å²) in [5.41, 5.74) is 0. The van der Waals surface area contributed by atoms with E-state index in [4.69, 9.17) is 0 Å². The van der Waals surface area contributed by atoms with Gasteiger partial charge in [0, 0.05) is 54.5 Å². The molecule has 0 aromatic carbocycles. The van der Waals surface area contributed by atoms with Gasteiger partial charge in [-0.3, -0.25) is 9.11 Å². The average molecular weight is 286 g/mol. The zero-order valence-electron chi connectivity index (χ0n) is 12.6. The maximum absolute atomic E-state index is 11.2. The molecule has 4 heteroatoms. The average Bonchev–Trinajstić information content (AvgIpc) is 2.46. The molecule has 1 aliphatic carbocycles. The van der Waals surface area contributed by atoms with Gasteiger partial charge in [-0.15, -0.1) is 0 Å². The minimum Gasteiger partial charge on any atom is -0.311 e. The highest BCUT2D eigenvalue weighted by Gasteiger charge is 2.29. The van der Waals surface area contributed by atoms with E-state index in [-0.39, 0.29) is 0 Å². The van der Waals surface area contributed by atoms with E-state index in [2.05, 4.69) is 17.1 Å². The Hall–Kier alpha value is 0.0700. The van der Waals surface area contributed by atoms with Crippen LogP contribution in [0.25, 0.3) is 0 Å². The summed E-state index contributed by atoms with van der Waals surface area (Å²) in [6.45, 7) is 5.78. The summed E-state index contributed by atoms with van der Waals surface area (Å²) in [7, 11) is -0.646. The molecule has 1 N–H and O–H groups in total. The van der Waals surface area contributed by atoms with E-state index < -0.39 is 10.8 Å². The fraction of sp³-hybridized carbons (Fsp3) is 1.00. The number of nitrogens with zero attached hydrogens (tertiary/aromatic N) is 1. The minimum atomic E-state index is -0.646. The van der Waals surface area contributed by atoms with Crippen molar-refractivity contribution in [2.75, 3.05) is 31.6 Å². The predicted octanol–water partition coefficient (Wildman–Crippen LogP) is 2.00. The summed E-state index contributed by atoms with van der Waals surface area (Å²) < 4.78 is 11.2. The zero-order valence-corrected chi connectivity index (χ0v) is 13.4. The Morgan fingerprint density at radius 2 is 2.05 bits per heavy atom. The lowest BCUT2D eigenvalue weighted by molar-refractivity contribution is 0.113. The van der Waals surface area contributed by atoms with Gasteiger partial charge in [0.2, 0.25) is 0 Å². The molecule has 0 aromatic rings. The fourth-order valence-electron chi connectivity index (χ4n) is 3.57. The molecule has 1 aliphatic heterocycles. The van der Waals surface area contributed by atoms with Gasteiger partial charge in [0.15, 0.2) is 0 Å². The van der Waals surface area contributed by atoms with Crippen molar-refractivity contribution >= 4 is 10.8 Å². The molecule has 2 aliphatic rings. The second kappa shape index (κ2) is 7.75. The van der Waals surface area contributed by atoms with Gasteiger partial charge in [0.25, 0.3) is 0 Å². The van der Waals surface area contributed by atoms with Crippen LogP contribution in [-0.4, -0.2) is 52.8 Å². The van der Waals surface area contributed by atoms with E-state index in [0.29, 0.717) is 12.1 Å². The van der Waals surface area contributed by atoms with Crippen LogP contribution in [0.4, 0.5) is 0 Å². The van der Waals surface area contributed by atoms with Crippen LogP contribution in [-0.2, 0) is 10.8 Å². The van der Waals surface area contributed by atoms with Crippen LogP contribution in [0.5, 0.6) is 0 Å². The van der Waals surface area contributed by atoms with Gasteiger partial charge in [-0.25, -0.2) is 0 Å². The smallest absolute Gasteiger partial charge is 0.0246 e. The van der Waals surface area contributed by atoms with Crippen LogP contribution in [0.3, 0.4) is 0 Å². The Bertz CT molecular complexity index is 292. The first-order chi connectivity index (χ1) is 9.16. The SMILES string of the molecule is CC(CCS(C)=O)N1CCNC(C2CCCCC2)C1. The summed E-state index contributed by atoms with van der Waals surface area (Å²) >= 11 is 0. The lowest BCUT2D eigenvalue weighted by atomic mass is 9.83. The van der Waals surface area contributed by atoms with E-state index in [1.165, 1.54) is 38.6 Å². The molecule has 0 aromatic heterocycles. The van der Waals surface area contributed by atoms with Crippen molar-refractivity contribution in [3.05, 3.63) is 0 Å². The number of piperazine rings is 1. The normalized spacial score (nSPS) is 30.1. The number of hydrogen-bond acceptors (Lipinski definition) is 3. The van der Waals surface area contributed by atoms with Crippen LogP contribution in [0.1, 0.15) is 45.4 Å². The van der Waals surface area contributed by atoms with Gasteiger partial charge >= 0.3 is 0 Å². The summed E-state index contributed by atoms with van der Waals surface area (Å²) in [5.74, 6) is 1.74. The van der Waals surface area contributed by atoms with E-state index >= 15 is 0 Å².